The SMILES string of the molecule is CC1CCCC(C)N1C(=O)c1coc(-c2ccc(CNC(=O)Cc3ccsc3)cc2)n1. The predicted molar refractivity (Wildman–Crippen MR) is 121 cm³/mol. The van der Waals surface area contributed by atoms with Crippen LogP contribution in [0.3, 0.4) is 0 Å². The number of hydrogen-bond acceptors (Lipinski definition) is 5. The van der Waals surface area contributed by atoms with Crippen molar-refractivity contribution in [1.29, 1.82) is 0 Å². The maximum Gasteiger partial charge on any atom is 0.276 e. The summed E-state index contributed by atoms with van der Waals surface area (Å²) in [4.78, 5) is 31.4. The van der Waals surface area contributed by atoms with Gasteiger partial charge in [0.25, 0.3) is 5.91 Å². The number of amides is 2. The second-order valence-electron chi connectivity index (χ2n) is 8.16. The number of carbonyl (C=O) groups is 2. The van der Waals surface area contributed by atoms with Crippen molar-refractivity contribution in [3.63, 3.8) is 0 Å². The van der Waals surface area contributed by atoms with Gasteiger partial charge in [0.05, 0.1) is 6.42 Å². The lowest BCUT2D eigenvalue weighted by atomic mass is 9.97. The highest BCUT2D eigenvalue weighted by molar-refractivity contribution is 7.08. The summed E-state index contributed by atoms with van der Waals surface area (Å²) < 4.78 is 5.60. The molecule has 2 amide bonds. The predicted octanol–water partition coefficient (Wildman–Crippen LogP) is 4.67. The Morgan fingerprint density at radius 3 is 2.55 bits per heavy atom. The summed E-state index contributed by atoms with van der Waals surface area (Å²) in [7, 11) is 0. The van der Waals surface area contributed by atoms with Gasteiger partial charge in [-0.05, 0) is 73.2 Å². The molecule has 2 unspecified atom stereocenters. The molecule has 0 saturated carbocycles. The molecule has 3 heterocycles. The van der Waals surface area contributed by atoms with Crippen LogP contribution in [0.4, 0.5) is 0 Å². The zero-order valence-corrected chi connectivity index (χ0v) is 18.7. The smallest absolute Gasteiger partial charge is 0.276 e. The minimum atomic E-state index is -0.0698. The maximum atomic E-state index is 12.9. The van der Waals surface area contributed by atoms with Crippen molar-refractivity contribution in [3.8, 4) is 11.5 Å². The van der Waals surface area contributed by atoms with E-state index in [1.807, 2.05) is 46.0 Å². The van der Waals surface area contributed by atoms with Crippen LogP contribution in [0.5, 0.6) is 0 Å². The number of aromatic nitrogens is 1. The summed E-state index contributed by atoms with van der Waals surface area (Å²) in [6, 6.07) is 10.0. The second kappa shape index (κ2) is 9.47. The molecule has 1 saturated heterocycles. The zero-order chi connectivity index (χ0) is 21.8. The van der Waals surface area contributed by atoms with Gasteiger partial charge < -0.3 is 14.6 Å². The van der Waals surface area contributed by atoms with E-state index in [0.29, 0.717) is 24.6 Å². The molecule has 162 valence electrons. The highest BCUT2D eigenvalue weighted by atomic mass is 32.1. The Kier molecular flexibility index (Phi) is 6.51. The Balaban J connectivity index is 1.36. The lowest BCUT2D eigenvalue weighted by molar-refractivity contribution is -0.120. The normalized spacial score (nSPS) is 18.7. The van der Waals surface area contributed by atoms with Crippen molar-refractivity contribution in [2.75, 3.05) is 0 Å². The van der Waals surface area contributed by atoms with Gasteiger partial charge in [0.2, 0.25) is 11.8 Å². The number of oxazole rings is 1. The number of carbonyl (C=O) groups excluding carboxylic acids is 2. The Morgan fingerprint density at radius 2 is 1.87 bits per heavy atom. The number of thiophene rings is 1. The van der Waals surface area contributed by atoms with E-state index in [2.05, 4.69) is 24.1 Å². The van der Waals surface area contributed by atoms with E-state index in [4.69, 9.17) is 4.42 Å². The molecule has 0 radical (unpaired) electrons. The van der Waals surface area contributed by atoms with Crippen LogP contribution in [-0.2, 0) is 17.8 Å². The molecule has 1 aliphatic heterocycles. The first-order valence-electron chi connectivity index (χ1n) is 10.7. The first-order valence-corrected chi connectivity index (χ1v) is 11.6. The average molecular weight is 438 g/mol. The Bertz CT molecular complexity index is 1020. The molecule has 1 fully saturated rings. The van der Waals surface area contributed by atoms with Crippen LogP contribution in [0.25, 0.3) is 11.5 Å². The second-order valence-corrected chi connectivity index (χ2v) is 8.94. The Hall–Kier alpha value is -2.93. The van der Waals surface area contributed by atoms with Gasteiger partial charge in [0.15, 0.2) is 5.69 Å². The molecular formula is C24H27N3O3S. The summed E-state index contributed by atoms with van der Waals surface area (Å²) in [6.45, 7) is 4.64. The molecule has 0 bridgehead atoms. The van der Waals surface area contributed by atoms with Gasteiger partial charge in [-0.2, -0.15) is 11.3 Å². The largest absolute Gasteiger partial charge is 0.444 e. The van der Waals surface area contributed by atoms with E-state index in [-0.39, 0.29) is 23.9 Å². The molecule has 0 aliphatic carbocycles. The van der Waals surface area contributed by atoms with Crippen LogP contribution >= 0.6 is 11.3 Å². The van der Waals surface area contributed by atoms with E-state index >= 15 is 0 Å². The van der Waals surface area contributed by atoms with Crippen LogP contribution in [0.2, 0.25) is 0 Å². The summed E-state index contributed by atoms with van der Waals surface area (Å²) in [6.07, 6.45) is 5.03. The Morgan fingerprint density at radius 1 is 1.13 bits per heavy atom. The molecule has 7 heteroatoms. The Labute approximate surface area is 186 Å². The van der Waals surface area contributed by atoms with Gasteiger partial charge >= 0.3 is 0 Å². The molecule has 2 atom stereocenters. The maximum absolute atomic E-state index is 12.9. The van der Waals surface area contributed by atoms with E-state index in [1.165, 1.54) is 6.26 Å². The molecule has 3 aromatic rings. The number of nitrogens with one attached hydrogen (secondary N) is 1. The number of nitrogens with zero attached hydrogens (tertiary/aromatic N) is 2. The molecule has 0 spiro atoms. The van der Waals surface area contributed by atoms with Gasteiger partial charge in [-0.1, -0.05) is 12.1 Å². The molecule has 2 aromatic heterocycles. The van der Waals surface area contributed by atoms with Crippen LogP contribution < -0.4 is 5.32 Å². The highest BCUT2D eigenvalue weighted by Gasteiger charge is 2.31. The number of rotatable bonds is 6. The summed E-state index contributed by atoms with van der Waals surface area (Å²) >= 11 is 1.59. The quantitative estimate of drug-likeness (QED) is 0.608. The van der Waals surface area contributed by atoms with Crippen LogP contribution in [0, 0.1) is 0 Å². The lowest BCUT2D eigenvalue weighted by Gasteiger charge is -2.38. The number of hydrogen-bond donors (Lipinski definition) is 1. The van der Waals surface area contributed by atoms with Gasteiger partial charge in [-0.15, -0.1) is 0 Å². The number of benzene rings is 1. The topological polar surface area (TPSA) is 75.4 Å². The summed E-state index contributed by atoms with van der Waals surface area (Å²) in [5.41, 5.74) is 3.16. The van der Waals surface area contributed by atoms with E-state index in [1.54, 1.807) is 11.3 Å². The van der Waals surface area contributed by atoms with Crippen LogP contribution in [-0.4, -0.2) is 33.8 Å². The molecule has 4 rings (SSSR count). The first-order chi connectivity index (χ1) is 15.0. The third-order valence-corrected chi connectivity index (χ3v) is 6.52. The monoisotopic (exact) mass is 437 g/mol. The van der Waals surface area contributed by atoms with E-state index in [0.717, 1.165) is 36.0 Å². The average Bonchev–Trinajstić information content (AvgIpc) is 3.45. The summed E-state index contributed by atoms with van der Waals surface area (Å²) in [5, 5.41) is 6.89. The fourth-order valence-corrected chi connectivity index (χ4v) is 4.73. The first kappa shape index (κ1) is 21.3. The minimum Gasteiger partial charge on any atom is -0.444 e. The van der Waals surface area contributed by atoms with Gasteiger partial charge in [0, 0.05) is 24.2 Å². The van der Waals surface area contributed by atoms with Crippen molar-refractivity contribution in [1.82, 2.24) is 15.2 Å². The van der Waals surface area contributed by atoms with Gasteiger partial charge in [0.1, 0.15) is 6.26 Å². The van der Waals surface area contributed by atoms with Crippen molar-refractivity contribution in [2.45, 2.75) is 58.2 Å². The molecule has 1 aliphatic rings. The third-order valence-electron chi connectivity index (χ3n) is 5.79. The zero-order valence-electron chi connectivity index (χ0n) is 17.8. The fourth-order valence-electron chi connectivity index (χ4n) is 4.07. The van der Waals surface area contributed by atoms with Crippen LogP contribution in [0.1, 0.15) is 54.7 Å². The third kappa shape index (κ3) is 5.05. The molecule has 1 aromatic carbocycles. The standard InChI is InChI=1S/C24H27N3O3S/c1-16-4-3-5-17(2)27(16)24(29)21-14-30-23(26-21)20-8-6-18(7-9-20)13-25-22(28)12-19-10-11-31-15-19/h6-11,14-17H,3-5,12-13H2,1-2H3,(H,25,28). The van der Waals surface area contributed by atoms with Crippen molar-refractivity contribution in [3.05, 3.63) is 64.2 Å². The minimum absolute atomic E-state index is 0.000462. The van der Waals surface area contributed by atoms with E-state index in [9.17, 15) is 9.59 Å². The fraction of sp³-hybridized carbons (Fsp3) is 0.375. The van der Waals surface area contributed by atoms with Gasteiger partial charge in [-0.3, -0.25) is 9.59 Å². The highest BCUT2D eigenvalue weighted by Crippen LogP contribution is 2.26. The molecular weight excluding hydrogens is 410 g/mol. The van der Waals surface area contributed by atoms with E-state index < -0.39 is 0 Å². The van der Waals surface area contributed by atoms with Crippen molar-refractivity contribution < 1.29 is 14.0 Å². The lowest BCUT2D eigenvalue weighted by Crippen LogP contribution is -2.47. The number of piperidine rings is 1. The van der Waals surface area contributed by atoms with Gasteiger partial charge in [-0.25, -0.2) is 4.98 Å². The van der Waals surface area contributed by atoms with Crippen molar-refractivity contribution in [2.24, 2.45) is 0 Å². The summed E-state index contributed by atoms with van der Waals surface area (Å²) in [5.74, 6) is 0.355. The molecule has 31 heavy (non-hydrogen) atoms. The van der Waals surface area contributed by atoms with Crippen molar-refractivity contribution >= 4 is 23.2 Å². The number of likely N-dealkylation sites (tertiary alicyclic amines) is 1. The van der Waals surface area contributed by atoms with Crippen LogP contribution in [0.15, 0.2) is 51.8 Å². The molecule has 1 N–H and O–H groups in total. The molecule has 6 nitrogen and oxygen atoms in total.